The Hall–Kier alpha value is -2.60. The smallest absolute Gasteiger partial charge is 0.226 e. The summed E-state index contributed by atoms with van der Waals surface area (Å²) in [6, 6.07) is 15.7. The molecule has 2 heterocycles. The molecule has 0 saturated carbocycles. The molecule has 0 radical (unpaired) electrons. The number of imidazole rings is 1. The summed E-state index contributed by atoms with van der Waals surface area (Å²) in [4.78, 5) is 17.0. The molecule has 6 heteroatoms. The SMILES string of the molecule is COc1ccc(Br)cc1[C@H]1CC(=O)Nc2c1ncn2-c1ccccc1. The zero-order valence-corrected chi connectivity index (χ0v) is 15.2. The first-order valence-corrected chi connectivity index (χ1v) is 8.72. The van der Waals surface area contributed by atoms with Gasteiger partial charge in [0.1, 0.15) is 17.9 Å². The number of anilines is 1. The van der Waals surface area contributed by atoms with Crippen molar-refractivity contribution in [2.24, 2.45) is 0 Å². The number of ether oxygens (including phenoxy) is 1. The van der Waals surface area contributed by atoms with Gasteiger partial charge in [-0.1, -0.05) is 34.1 Å². The first-order valence-electron chi connectivity index (χ1n) is 7.93. The van der Waals surface area contributed by atoms with Gasteiger partial charge in [-0.15, -0.1) is 0 Å². The van der Waals surface area contributed by atoms with Crippen LogP contribution in [-0.2, 0) is 4.79 Å². The van der Waals surface area contributed by atoms with Crippen LogP contribution in [0.15, 0.2) is 59.3 Å². The number of halogens is 1. The van der Waals surface area contributed by atoms with Crippen molar-refractivity contribution in [1.82, 2.24) is 9.55 Å². The zero-order chi connectivity index (χ0) is 17.4. The predicted molar refractivity (Wildman–Crippen MR) is 99.3 cm³/mol. The summed E-state index contributed by atoms with van der Waals surface area (Å²) >= 11 is 3.51. The highest BCUT2D eigenvalue weighted by Gasteiger charge is 2.32. The van der Waals surface area contributed by atoms with Crippen LogP contribution in [0, 0.1) is 0 Å². The average Bonchev–Trinajstić information content (AvgIpc) is 3.05. The van der Waals surface area contributed by atoms with Gasteiger partial charge in [-0.25, -0.2) is 4.98 Å². The molecule has 1 aliphatic heterocycles. The van der Waals surface area contributed by atoms with E-state index in [-0.39, 0.29) is 11.8 Å². The maximum Gasteiger partial charge on any atom is 0.226 e. The Labute approximate surface area is 153 Å². The Morgan fingerprint density at radius 2 is 2.04 bits per heavy atom. The fraction of sp³-hybridized carbons (Fsp3) is 0.158. The van der Waals surface area contributed by atoms with Crippen LogP contribution in [0.3, 0.4) is 0 Å². The highest BCUT2D eigenvalue weighted by molar-refractivity contribution is 9.10. The van der Waals surface area contributed by atoms with Crippen LogP contribution in [0.5, 0.6) is 5.75 Å². The highest BCUT2D eigenvalue weighted by atomic mass is 79.9. The maximum atomic E-state index is 12.4. The third-order valence-corrected chi connectivity index (χ3v) is 4.87. The minimum absolute atomic E-state index is 0.0304. The van der Waals surface area contributed by atoms with E-state index >= 15 is 0 Å². The second-order valence-corrected chi connectivity index (χ2v) is 6.79. The normalized spacial score (nSPS) is 16.2. The van der Waals surface area contributed by atoms with Gasteiger partial charge in [0, 0.05) is 28.1 Å². The van der Waals surface area contributed by atoms with Crippen molar-refractivity contribution in [3.05, 3.63) is 70.6 Å². The van der Waals surface area contributed by atoms with Crippen LogP contribution in [0.1, 0.15) is 23.6 Å². The maximum absolute atomic E-state index is 12.4. The van der Waals surface area contributed by atoms with Crippen LogP contribution >= 0.6 is 15.9 Å². The second-order valence-electron chi connectivity index (χ2n) is 5.88. The van der Waals surface area contributed by atoms with Gasteiger partial charge in [0.15, 0.2) is 0 Å². The molecule has 0 bridgehead atoms. The van der Waals surface area contributed by atoms with E-state index in [1.54, 1.807) is 13.4 Å². The average molecular weight is 398 g/mol. The van der Waals surface area contributed by atoms with Crippen molar-refractivity contribution < 1.29 is 9.53 Å². The van der Waals surface area contributed by atoms with Gasteiger partial charge in [-0.3, -0.25) is 9.36 Å². The van der Waals surface area contributed by atoms with Gasteiger partial charge in [-0.2, -0.15) is 0 Å². The summed E-state index contributed by atoms with van der Waals surface area (Å²) in [5, 5.41) is 2.97. The Kier molecular flexibility index (Phi) is 4.05. The van der Waals surface area contributed by atoms with Crippen LogP contribution in [0.4, 0.5) is 5.82 Å². The molecule has 0 unspecified atom stereocenters. The molecule has 0 aliphatic carbocycles. The van der Waals surface area contributed by atoms with Crippen molar-refractivity contribution in [2.75, 3.05) is 12.4 Å². The number of nitrogens with zero attached hydrogens (tertiary/aromatic N) is 2. The summed E-state index contributed by atoms with van der Waals surface area (Å²) in [7, 11) is 1.64. The van der Waals surface area contributed by atoms with E-state index < -0.39 is 0 Å². The number of rotatable bonds is 3. The van der Waals surface area contributed by atoms with Gasteiger partial charge in [-0.05, 0) is 30.3 Å². The lowest BCUT2D eigenvalue weighted by Crippen LogP contribution is -2.25. The minimum atomic E-state index is -0.152. The van der Waals surface area contributed by atoms with E-state index in [4.69, 9.17) is 4.74 Å². The predicted octanol–water partition coefficient (Wildman–Crippen LogP) is 4.12. The third-order valence-electron chi connectivity index (χ3n) is 4.37. The number of fused-ring (bicyclic) bond motifs is 1. The Morgan fingerprint density at radius 1 is 1.24 bits per heavy atom. The fourth-order valence-corrected chi connectivity index (χ4v) is 3.60. The van der Waals surface area contributed by atoms with Gasteiger partial charge in [0.05, 0.1) is 12.8 Å². The molecule has 3 aromatic rings. The Morgan fingerprint density at radius 3 is 2.80 bits per heavy atom. The molecule has 2 aromatic carbocycles. The highest BCUT2D eigenvalue weighted by Crippen LogP contribution is 2.41. The van der Waals surface area contributed by atoms with Gasteiger partial charge in [0.2, 0.25) is 5.91 Å². The number of amides is 1. The number of hydrogen-bond donors (Lipinski definition) is 1. The molecular formula is C19H16BrN3O2. The largest absolute Gasteiger partial charge is 0.496 e. The lowest BCUT2D eigenvalue weighted by Gasteiger charge is -2.24. The van der Waals surface area contributed by atoms with E-state index in [1.807, 2.05) is 53.1 Å². The van der Waals surface area contributed by atoms with Crippen LogP contribution in [0.25, 0.3) is 5.69 Å². The van der Waals surface area contributed by atoms with Crippen LogP contribution < -0.4 is 10.1 Å². The minimum Gasteiger partial charge on any atom is -0.496 e. The van der Waals surface area contributed by atoms with Gasteiger partial charge in [0.25, 0.3) is 0 Å². The quantitative estimate of drug-likeness (QED) is 0.722. The van der Waals surface area contributed by atoms with Crippen LogP contribution in [-0.4, -0.2) is 22.6 Å². The number of benzene rings is 2. The molecule has 1 atom stereocenters. The summed E-state index contributed by atoms with van der Waals surface area (Å²) in [5.41, 5.74) is 2.75. The lowest BCUT2D eigenvalue weighted by atomic mass is 9.89. The molecule has 1 amide bonds. The lowest BCUT2D eigenvalue weighted by molar-refractivity contribution is -0.116. The van der Waals surface area contributed by atoms with Gasteiger partial charge >= 0.3 is 0 Å². The van der Waals surface area contributed by atoms with Gasteiger partial charge < -0.3 is 10.1 Å². The molecule has 0 saturated heterocycles. The first-order chi connectivity index (χ1) is 12.2. The molecular weight excluding hydrogens is 382 g/mol. The molecule has 5 nitrogen and oxygen atoms in total. The summed E-state index contributed by atoms with van der Waals surface area (Å²) < 4.78 is 8.36. The monoisotopic (exact) mass is 397 g/mol. The number of carbonyl (C=O) groups is 1. The Bertz CT molecular complexity index is 937. The molecule has 126 valence electrons. The van der Waals surface area contributed by atoms with Crippen molar-refractivity contribution in [1.29, 1.82) is 0 Å². The summed E-state index contributed by atoms with van der Waals surface area (Å²) in [6.45, 7) is 0. The topological polar surface area (TPSA) is 56.1 Å². The number of methoxy groups -OCH3 is 1. The van der Waals surface area contributed by atoms with Crippen molar-refractivity contribution in [3.8, 4) is 11.4 Å². The van der Waals surface area contributed by atoms with Crippen LogP contribution in [0.2, 0.25) is 0 Å². The molecule has 1 aromatic heterocycles. The summed E-state index contributed by atoms with van der Waals surface area (Å²) in [5.74, 6) is 1.29. The number of para-hydroxylation sites is 1. The van der Waals surface area contributed by atoms with E-state index in [2.05, 4.69) is 26.2 Å². The standard InChI is InChI=1S/C19H16BrN3O2/c1-25-16-8-7-12(20)9-14(16)15-10-17(24)22-19-18(15)21-11-23(19)13-5-3-2-4-6-13/h2-9,11,15H,10H2,1H3,(H,22,24)/t15-/m1/s1. The van der Waals surface area contributed by atoms with E-state index in [9.17, 15) is 4.79 Å². The Balaban J connectivity index is 1.86. The molecule has 4 rings (SSSR count). The fourth-order valence-electron chi connectivity index (χ4n) is 3.23. The van der Waals surface area contributed by atoms with Crippen molar-refractivity contribution in [2.45, 2.75) is 12.3 Å². The number of hydrogen-bond acceptors (Lipinski definition) is 3. The molecule has 1 N–H and O–H groups in total. The molecule has 25 heavy (non-hydrogen) atoms. The van der Waals surface area contributed by atoms with Crippen molar-refractivity contribution >= 4 is 27.7 Å². The third kappa shape index (κ3) is 2.82. The molecule has 1 aliphatic rings. The number of carbonyl (C=O) groups excluding carboxylic acids is 1. The zero-order valence-electron chi connectivity index (χ0n) is 13.6. The van der Waals surface area contributed by atoms with E-state index in [0.29, 0.717) is 6.42 Å². The second kappa shape index (κ2) is 6.37. The van der Waals surface area contributed by atoms with Crippen molar-refractivity contribution in [3.63, 3.8) is 0 Å². The number of aromatic nitrogens is 2. The number of nitrogens with one attached hydrogen (secondary N) is 1. The first kappa shape index (κ1) is 15.9. The molecule has 0 spiro atoms. The molecule has 0 fully saturated rings. The summed E-state index contributed by atoms with van der Waals surface area (Å²) in [6.07, 6.45) is 2.09. The van der Waals surface area contributed by atoms with E-state index in [1.165, 1.54) is 0 Å². The van der Waals surface area contributed by atoms with E-state index in [0.717, 1.165) is 33.0 Å².